The van der Waals surface area contributed by atoms with Gasteiger partial charge in [0.2, 0.25) is 12.4 Å². The summed E-state index contributed by atoms with van der Waals surface area (Å²) in [5, 5.41) is 11.4. The number of anilines is 3. The molecule has 2 aliphatic carbocycles. The van der Waals surface area contributed by atoms with E-state index in [1.165, 1.54) is 55.5 Å². The molecule has 0 radical (unpaired) electrons. The first-order valence-corrected chi connectivity index (χ1v) is 13.0. The van der Waals surface area contributed by atoms with E-state index in [0.717, 1.165) is 75.6 Å². The lowest BCUT2D eigenvalue weighted by Crippen LogP contribution is -2.46. The van der Waals surface area contributed by atoms with Gasteiger partial charge in [0, 0.05) is 36.3 Å². The van der Waals surface area contributed by atoms with Crippen molar-refractivity contribution in [2.75, 3.05) is 23.3 Å². The standard InChI is InChI=1S/C25H35N7O/c33-16-31-13-5-11-21(31)22-12-6-14-32(22)25-26-19-10-4-3-9-18(19)24(28-25)27-23-15-20(29-30-23)17-7-1-2-8-17/h15-17,21-22H,1-14H2,(H2,26,27,28,29,30). The molecule has 2 N–H and O–H groups in total. The summed E-state index contributed by atoms with van der Waals surface area (Å²) in [6.45, 7) is 1.83. The molecule has 0 spiro atoms. The molecule has 1 amide bonds. The van der Waals surface area contributed by atoms with Crippen LogP contribution >= 0.6 is 0 Å². The molecule has 0 bridgehead atoms. The molecular weight excluding hydrogens is 414 g/mol. The van der Waals surface area contributed by atoms with E-state index in [2.05, 4.69) is 26.5 Å². The van der Waals surface area contributed by atoms with Gasteiger partial charge in [-0.05, 0) is 64.2 Å². The summed E-state index contributed by atoms with van der Waals surface area (Å²) in [5.41, 5.74) is 3.68. The van der Waals surface area contributed by atoms with Crippen LogP contribution in [0.4, 0.5) is 17.6 Å². The minimum atomic E-state index is 0.279. The number of hydrogen-bond donors (Lipinski definition) is 2. The highest BCUT2D eigenvalue weighted by Gasteiger charge is 2.39. The van der Waals surface area contributed by atoms with Crippen LogP contribution in [-0.4, -0.2) is 56.6 Å². The molecule has 2 aromatic heterocycles. The Hall–Kier alpha value is -2.64. The zero-order valence-electron chi connectivity index (χ0n) is 19.4. The molecule has 1 saturated carbocycles. The van der Waals surface area contributed by atoms with Crippen LogP contribution in [-0.2, 0) is 17.6 Å². The maximum Gasteiger partial charge on any atom is 0.227 e. The Labute approximate surface area is 195 Å². The van der Waals surface area contributed by atoms with Crippen LogP contribution in [0.5, 0.6) is 0 Å². The zero-order valence-corrected chi connectivity index (χ0v) is 19.4. The normalized spacial score (nSPS) is 25.6. The molecule has 0 aromatic carbocycles. The van der Waals surface area contributed by atoms with Crippen LogP contribution in [0.25, 0.3) is 0 Å². The lowest BCUT2D eigenvalue weighted by molar-refractivity contribution is -0.119. The van der Waals surface area contributed by atoms with Gasteiger partial charge in [0.15, 0.2) is 5.82 Å². The number of nitrogens with one attached hydrogen (secondary N) is 2. The van der Waals surface area contributed by atoms with E-state index in [9.17, 15) is 4.79 Å². The van der Waals surface area contributed by atoms with Gasteiger partial charge in [0.1, 0.15) is 5.82 Å². The number of likely N-dealkylation sites (tertiary alicyclic amines) is 1. The minimum Gasteiger partial charge on any atom is -0.340 e. The second-order valence-electron chi connectivity index (χ2n) is 10.3. The Balaban J connectivity index is 1.30. The van der Waals surface area contributed by atoms with Crippen molar-refractivity contribution in [2.45, 2.75) is 95.1 Å². The van der Waals surface area contributed by atoms with Gasteiger partial charge in [-0.3, -0.25) is 9.89 Å². The maximum absolute atomic E-state index is 11.6. The molecule has 3 fully saturated rings. The fourth-order valence-corrected chi connectivity index (χ4v) is 6.58. The number of aromatic nitrogens is 4. The average Bonchev–Trinajstić information content (AvgIpc) is 3.65. The summed E-state index contributed by atoms with van der Waals surface area (Å²) < 4.78 is 0. The summed E-state index contributed by atoms with van der Waals surface area (Å²) in [7, 11) is 0. The average molecular weight is 450 g/mol. The summed E-state index contributed by atoms with van der Waals surface area (Å²) in [6.07, 6.45) is 15.0. The summed E-state index contributed by atoms with van der Waals surface area (Å²) >= 11 is 0. The fourth-order valence-electron chi connectivity index (χ4n) is 6.58. The van der Waals surface area contributed by atoms with E-state index in [1.54, 1.807) is 0 Å². The van der Waals surface area contributed by atoms with Crippen molar-refractivity contribution in [3.8, 4) is 0 Å². The van der Waals surface area contributed by atoms with Crippen molar-refractivity contribution < 1.29 is 4.79 Å². The highest BCUT2D eigenvalue weighted by atomic mass is 16.1. The molecule has 8 heteroatoms. The van der Waals surface area contributed by atoms with Crippen molar-refractivity contribution >= 4 is 24.0 Å². The van der Waals surface area contributed by atoms with Crippen molar-refractivity contribution in [3.63, 3.8) is 0 Å². The van der Waals surface area contributed by atoms with Gasteiger partial charge in [0.25, 0.3) is 0 Å². The Bertz CT molecular complexity index is 999. The number of carbonyl (C=O) groups excluding carboxylic acids is 1. The van der Waals surface area contributed by atoms with Gasteiger partial charge in [0.05, 0.1) is 17.8 Å². The van der Waals surface area contributed by atoms with Crippen molar-refractivity contribution in [1.82, 2.24) is 25.1 Å². The van der Waals surface area contributed by atoms with E-state index in [4.69, 9.17) is 9.97 Å². The van der Waals surface area contributed by atoms with Crippen molar-refractivity contribution in [1.29, 1.82) is 0 Å². The second kappa shape index (κ2) is 8.95. The Morgan fingerprint density at radius 1 is 0.939 bits per heavy atom. The predicted octanol–water partition coefficient (Wildman–Crippen LogP) is 4.07. The van der Waals surface area contributed by atoms with Crippen molar-refractivity contribution in [3.05, 3.63) is 23.0 Å². The number of aromatic amines is 1. The first-order chi connectivity index (χ1) is 16.3. The number of carbonyl (C=O) groups is 1. The highest BCUT2D eigenvalue weighted by Crippen LogP contribution is 2.36. The van der Waals surface area contributed by atoms with Gasteiger partial charge in [-0.15, -0.1) is 0 Å². The van der Waals surface area contributed by atoms with Gasteiger partial charge < -0.3 is 15.1 Å². The molecule has 2 unspecified atom stereocenters. The van der Waals surface area contributed by atoms with Crippen LogP contribution in [0.15, 0.2) is 6.07 Å². The number of H-pyrrole nitrogens is 1. The van der Waals surface area contributed by atoms with Crippen LogP contribution in [0.1, 0.15) is 87.1 Å². The zero-order chi connectivity index (χ0) is 22.2. The molecule has 2 saturated heterocycles. The van der Waals surface area contributed by atoms with E-state index < -0.39 is 0 Å². The lowest BCUT2D eigenvalue weighted by Gasteiger charge is -2.34. The summed E-state index contributed by atoms with van der Waals surface area (Å²) in [5.74, 6) is 3.21. The number of nitrogens with zero attached hydrogens (tertiary/aromatic N) is 5. The molecule has 176 valence electrons. The third kappa shape index (κ3) is 3.97. The topological polar surface area (TPSA) is 90.0 Å². The molecule has 6 rings (SSSR count). The Kier molecular flexibility index (Phi) is 5.68. The summed E-state index contributed by atoms with van der Waals surface area (Å²) in [6, 6.07) is 2.76. The predicted molar refractivity (Wildman–Crippen MR) is 128 cm³/mol. The SMILES string of the molecule is O=CN1CCCC1C1CCCN1c1nc2c(c(Nc3cc(C4CCCC4)[nH]n3)n1)CCCC2. The van der Waals surface area contributed by atoms with Crippen LogP contribution < -0.4 is 10.2 Å². The number of amides is 1. The van der Waals surface area contributed by atoms with Crippen LogP contribution in [0, 0.1) is 0 Å². The first-order valence-electron chi connectivity index (χ1n) is 13.0. The maximum atomic E-state index is 11.6. The van der Waals surface area contributed by atoms with E-state index in [1.807, 2.05) is 4.90 Å². The first kappa shape index (κ1) is 20.9. The Morgan fingerprint density at radius 3 is 2.64 bits per heavy atom. The number of fused-ring (bicyclic) bond motifs is 1. The number of aryl methyl sites for hydroxylation is 1. The summed E-state index contributed by atoms with van der Waals surface area (Å²) in [4.78, 5) is 26.2. The van der Waals surface area contributed by atoms with Crippen molar-refractivity contribution in [2.24, 2.45) is 0 Å². The van der Waals surface area contributed by atoms with E-state index in [0.29, 0.717) is 12.0 Å². The molecular formula is C25H35N7O. The lowest BCUT2D eigenvalue weighted by atomic mass is 9.96. The molecule has 2 atom stereocenters. The monoisotopic (exact) mass is 449 g/mol. The fraction of sp³-hybridized carbons (Fsp3) is 0.680. The smallest absolute Gasteiger partial charge is 0.227 e. The Morgan fingerprint density at radius 2 is 1.76 bits per heavy atom. The van der Waals surface area contributed by atoms with E-state index >= 15 is 0 Å². The van der Waals surface area contributed by atoms with Crippen LogP contribution in [0.3, 0.4) is 0 Å². The molecule has 33 heavy (non-hydrogen) atoms. The van der Waals surface area contributed by atoms with Gasteiger partial charge in [-0.2, -0.15) is 10.1 Å². The molecule has 8 nitrogen and oxygen atoms in total. The molecule has 2 aromatic rings. The largest absolute Gasteiger partial charge is 0.340 e. The number of hydrogen-bond acceptors (Lipinski definition) is 6. The van der Waals surface area contributed by atoms with E-state index in [-0.39, 0.29) is 6.04 Å². The van der Waals surface area contributed by atoms with Gasteiger partial charge >= 0.3 is 0 Å². The third-order valence-corrected chi connectivity index (χ3v) is 8.29. The minimum absolute atomic E-state index is 0.279. The highest BCUT2D eigenvalue weighted by molar-refractivity contribution is 5.60. The molecule has 4 heterocycles. The number of rotatable bonds is 6. The van der Waals surface area contributed by atoms with Crippen LogP contribution in [0.2, 0.25) is 0 Å². The van der Waals surface area contributed by atoms with Gasteiger partial charge in [-0.1, -0.05) is 12.8 Å². The second-order valence-corrected chi connectivity index (χ2v) is 10.3. The molecule has 4 aliphatic rings. The van der Waals surface area contributed by atoms with Gasteiger partial charge in [-0.25, -0.2) is 4.98 Å². The molecule has 2 aliphatic heterocycles. The third-order valence-electron chi connectivity index (χ3n) is 8.29. The quantitative estimate of drug-likeness (QED) is 0.646.